The van der Waals surface area contributed by atoms with Crippen LogP contribution in [0, 0.1) is 0 Å². The highest BCUT2D eigenvalue weighted by molar-refractivity contribution is 6.38. The third-order valence-corrected chi connectivity index (χ3v) is 5.52. The third kappa shape index (κ3) is 5.44. The minimum absolute atomic E-state index is 0.318. The lowest BCUT2D eigenvalue weighted by Crippen LogP contribution is -2.19. The number of halogens is 6. The molecule has 2 aromatic carbocycles. The standard InChI is InChI=1S/C19H18Cl6O2/c1-19(2,11-7-13(22)17(14(23)8-11)26-5-3-20)12-9-15(24)18(16(25)10-12)27-6-4-21/h7-10H,3-6H2,1-2H3. The van der Waals surface area contributed by atoms with Gasteiger partial charge in [-0.1, -0.05) is 60.3 Å². The lowest BCUT2D eigenvalue weighted by Gasteiger charge is -2.28. The Morgan fingerprint density at radius 2 is 0.963 bits per heavy atom. The number of benzene rings is 2. The Hall–Kier alpha value is -0.220. The molecule has 0 N–H and O–H groups in total. The van der Waals surface area contributed by atoms with Gasteiger partial charge in [-0.15, -0.1) is 23.2 Å². The molecule has 0 saturated heterocycles. The van der Waals surface area contributed by atoms with Gasteiger partial charge in [0.15, 0.2) is 11.5 Å². The van der Waals surface area contributed by atoms with Crippen LogP contribution in [0.5, 0.6) is 11.5 Å². The Labute approximate surface area is 189 Å². The molecule has 0 spiro atoms. The van der Waals surface area contributed by atoms with Crippen molar-refractivity contribution in [3.8, 4) is 11.5 Å². The summed E-state index contributed by atoms with van der Waals surface area (Å²) in [5.41, 5.74) is 1.30. The zero-order valence-electron chi connectivity index (χ0n) is 14.7. The van der Waals surface area contributed by atoms with Crippen molar-refractivity contribution < 1.29 is 9.47 Å². The second-order valence-electron chi connectivity index (χ2n) is 6.24. The molecule has 0 amide bonds. The summed E-state index contributed by atoms with van der Waals surface area (Å²) in [6.07, 6.45) is 0. The minimum Gasteiger partial charge on any atom is -0.489 e. The number of ether oxygens (including phenoxy) is 2. The van der Waals surface area contributed by atoms with Crippen molar-refractivity contribution in [3.05, 3.63) is 55.5 Å². The third-order valence-electron chi connectivity index (χ3n) is 4.09. The monoisotopic (exact) mass is 488 g/mol. The molecule has 2 aromatic rings. The SMILES string of the molecule is CC(C)(c1cc(Cl)c(OCCCl)c(Cl)c1)c1cc(Cl)c(OCCCl)c(Cl)c1. The Morgan fingerprint density at radius 1 is 0.667 bits per heavy atom. The van der Waals surface area contributed by atoms with Crippen LogP contribution in [-0.2, 0) is 5.41 Å². The van der Waals surface area contributed by atoms with E-state index in [0.29, 0.717) is 56.6 Å². The van der Waals surface area contributed by atoms with Gasteiger partial charge in [0.25, 0.3) is 0 Å². The highest BCUT2D eigenvalue weighted by Gasteiger charge is 2.27. The van der Waals surface area contributed by atoms with Crippen molar-refractivity contribution in [2.75, 3.05) is 25.0 Å². The van der Waals surface area contributed by atoms with Crippen LogP contribution in [0.2, 0.25) is 20.1 Å². The summed E-state index contributed by atoms with van der Waals surface area (Å²) in [7, 11) is 0. The summed E-state index contributed by atoms with van der Waals surface area (Å²) in [4.78, 5) is 0. The summed E-state index contributed by atoms with van der Waals surface area (Å²) < 4.78 is 11.0. The number of hydrogen-bond donors (Lipinski definition) is 0. The smallest absolute Gasteiger partial charge is 0.156 e. The van der Waals surface area contributed by atoms with Gasteiger partial charge in [0.05, 0.1) is 31.9 Å². The molecule has 0 saturated carbocycles. The molecule has 2 rings (SSSR count). The van der Waals surface area contributed by atoms with Gasteiger partial charge in [0.1, 0.15) is 13.2 Å². The molecule has 0 aliphatic rings. The molecule has 2 nitrogen and oxygen atoms in total. The molecule has 0 unspecified atom stereocenters. The molecule has 0 aliphatic carbocycles. The van der Waals surface area contributed by atoms with Crippen LogP contribution in [0.1, 0.15) is 25.0 Å². The largest absolute Gasteiger partial charge is 0.489 e. The van der Waals surface area contributed by atoms with E-state index in [2.05, 4.69) is 0 Å². The molecule has 0 bridgehead atoms. The summed E-state index contributed by atoms with van der Waals surface area (Å²) in [6, 6.07) is 7.26. The highest BCUT2D eigenvalue weighted by atomic mass is 35.5. The van der Waals surface area contributed by atoms with Gasteiger partial charge in [-0.3, -0.25) is 0 Å². The molecule has 8 heteroatoms. The van der Waals surface area contributed by atoms with E-state index in [1.807, 2.05) is 38.1 Å². The van der Waals surface area contributed by atoms with E-state index in [1.54, 1.807) is 0 Å². The Bertz CT molecular complexity index is 695. The molecule has 0 aliphatic heterocycles. The molecule has 0 radical (unpaired) electrons. The fraction of sp³-hybridized carbons (Fsp3) is 0.368. The van der Waals surface area contributed by atoms with Crippen LogP contribution >= 0.6 is 69.6 Å². The maximum atomic E-state index is 6.37. The van der Waals surface area contributed by atoms with E-state index in [9.17, 15) is 0 Å². The average molecular weight is 491 g/mol. The second-order valence-corrected chi connectivity index (χ2v) is 8.62. The van der Waals surface area contributed by atoms with Gasteiger partial charge in [-0.05, 0) is 35.4 Å². The van der Waals surface area contributed by atoms with Crippen LogP contribution in [0.4, 0.5) is 0 Å². The topological polar surface area (TPSA) is 18.5 Å². The lowest BCUT2D eigenvalue weighted by molar-refractivity contribution is 0.343. The van der Waals surface area contributed by atoms with Gasteiger partial charge in [-0.25, -0.2) is 0 Å². The summed E-state index contributed by atoms with van der Waals surface area (Å²) in [5, 5.41) is 1.65. The van der Waals surface area contributed by atoms with Gasteiger partial charge in [0.2, 0.25) is 0 Å². The quantitative estimate of drug-likeness (QED) is 0.350. The summed E-state index contributed by atoms with van der Waals surface area (Å²) in [5.74, 6) is 1.52. The number of alkyl halides is 2. The van der Waals surface area contributed by atoms with Gasteiger partial charge >= 0.3 is 0 Å². The molecule has 148 valence electrons. The predicted octanol–water partition coefficient (Wildman–Crippen LogP) is 7.86. The van der Waals surface area contributed by atoms with E-state index in [0.717, 1.165) is 11.1 Å². The number of rotatable bonds is 8. The van der Waals surface area contributed by atoms with Crippen molar-refractivity contribution in [2.24, 2.45) is 0 Å². The first-order valence-corrected chi connectivity index (χ1v) is 10.7. The molecule has 0 aromatic heterocycles. The Kier molecular flexibility index (Phi) is 8.54. The number of hydrogen-bond acceptors (Lipinski definition) is 2. The Balaban J connectivity index is 2.43. The first-order chi connectivity index (χ1) is 12.7. The van der Waals surface area contributed by atoms with Crippen LogP contribution in [0.3, 0.4) is 0 Å². The highest BCUT2D eigenvalue weighted by Crippen LogP contribution is 2.43. The van der Waals surface area contributed by atoms with Crippen molar-refractivity contribution in [3.63, 3.8) is 0 Å². The first-order valence-electron chi connectivity index (χ1n) is 8.09. The van der Waals surface area contributed by atoms with Crippen molar-refractivity contribution in [1.29, 1.82) is 0 Å². The van der Waals surface area contributed by atoms with E-state index in [4.69, 9.17) is 79.1 Å². The zero-order valence-corrected chi connectivity index (χ0v) is 19.3. The second kappa shape index (κ2) is 10.0. The predicted molar refractivity (Wildman–Crippen MR) is 117 cm³/mol. The normalized spacial score (nSPS) is 11.6. The van der Waals surface area contributed by atoms with Crippen LogP contribution in [-0.4, -0.2) is 25.0 Å². The van der Waals surface area contributed by atoms with Crippen molar-refractivity contribution in [1.82, 2.24) is 0 Å². The van der Waals surface area contributed by atoms with Crippen LogP contribution < -0.4 is 9.47 Å². The molecular weight excluding hydrogens is 473 g/mol. The molecule has 0 heterocycles. The zero-order chi connectivity index (χ0) is 20.2. The average Bonchev–Trinajstić information content (AvgIpc) is 2.60. The van der Waals surface area contributed by atoms with Gasteiger partial charge in [-0.2, -0.15) is 0 Å². The van der Waals surface area contributed by atoms with E-state index in [1.165, 1.54) is 0 Å². The summed E-state index contributed by atoms with van der Waals surface area (Å²) in [6.45, 7) is 4.68. The van der Waals surface area contributed by atoms with Crippen LogP contribution in [0.25, 0.3) is 0 Å². The molecule has 27 heavy (non-hydrogen) atoms. The van der Waals surface area contributed by atoms with Crippen molar-refractivity contribution in [2.45, 2.75) is 19.3 Å². The van der Waals surface area contributed by atoms with Crippen molar-refractivity contribution >= 4 is 69.6 Å². The maximum Gasteiger partial charge on any atom is 0.156 e. The molecular formula is C19H18Cl6O2. The first kappa shape index (κ1) is 23.1. The fourth-order valence-electron chi connectivity index (χ4n) is 2.57. The lowest BCUT2D eigenvalue weighted by atomic mass is 9.78. The molecule has 0 fully saturated rings. The fourth-order valence-corrected chi connectivity index (χ4v) is 3.91. The van der Waals surface area contributed by atoms with E-state index in [-0.39, 0.29) is 0 Å². The summed E-state index contributed by atoms with van der Waals surface area (Å²) >= 11 is 36.8. The Morgan fingerprint density at radius 3 is 1.22 bits per heavy atom. The van der Waals surface area contributed by atoms with Gasteiger partial charge < -0.3 is 9.47 Å². The maximum absolute atomic E-state index is 6.37. The van der Waals surface area contributed by atoms with Gasteiger partial charge in [0, 0.05) is 5.41 Å². The van der Waals surface area contributed by atoms with E-state index < -0.39 is 5.41 Å². The van der Waals surface area contributed by atoms with E-state index >= 15 is 0 Å². The van der Waals surface area contributed by atoms with Crippen LogP contribution in [0.15, 0.2) is 24.3 Å². The molecule has 0 atom stereocenters. The minimum atomic E-state index is -0.476.